The normalized spacial score (nSPS) is 10.7. The largest absolute Gasteiger partial charge is 0.497 e. The smallest absolute Gasteiger partial charge is 0.111 e. The van der Waals surface area contributed by atoms with Gasteiger partial charge in [-0.2, -0.15) is 0 Å². The highest BCUT2D eigenvalue weighted by Crippen LogP contribution is 1.99. The molecule has 1 N–H and O–H groups in total. The molecule has 0 atom stereocenters. The van der Waals surface area contributed by atoms with Crippen molar-refractivity contribution in [2.24, 2.45) is 0 Å². The summed E-state index contributed by atoms with van der Waals surface area (Å²) in [5.41, 5.74) is 1.09. The lowest BCUT2D eigenvalue weighted by molar-refractivity contribution is 0.226. The van der Waals surface area contributed by atoms with E-state index in [0.717, 1.165) is 18.1 Å². The summed E-state index contributed by atoms with van der Waals surface area (Å²) in [6.45, 7) is 10.7. The molecule has 68 valence electrons. The van der Waals surface area contributed by atoms with Gasteiger partial charge in [0.15, 0.2) is 0 Å². The number of hydrogen-bond acceptors (Lipinski definition) is 2. The first kappa shape index (κ1) is 13.0. The molecule has 0 bridgehead atoms. The summed E-state index contributed by atoms with van der Waals surface area (Å²) in [4.78, 5) is 0. The second-order valence-corrected chi connectivity index (χ2v) is 1.86. The first-order valence-electron chi connectivity index (χ1n) is 4.20. The minimum atomic E-state index is 0.741. The first-order valence-corrected chi connectivity index (χ1v) is 4.20. The maximum absolute atomic E-state index is 5.21. The lowest BCUT2D eigenvalue weighted by Gasteiger charge is -2.06. The number of allylic oxidation sites excluding steroid dienone is 2. The van der Waals surface area contributed by atoms with E-state index in [1.54, 1.807) is 0 Å². The Balaban J connectivity index is 0. The van der Waals surface area contributed by atoms with Crippen LogP contribution in [0.25, 0.3) is 0 Å². The van der Waals surface area contributed by atoms with E-state index in [4.69, 9.17) is 4.74 Å². The molecule has 2 nitrogen and oxygen atoms in total. The monoisotopic (exact) mass is 159 g/mol. The number of ether oxygens (including phenoxy) is 1. The van der Waals surface area contributed by atoms with E-state index in [1.165, 1.54) is 0 Å². The van der Waals surface area contributed by atoms with Crippen molar-refractivity contribution in [2.45, 2.75) is 34.6 Å². The summed E-state index contributed by atoms with van der Waals surface area (Å²) in [5.74, 6) is 0.972. The van der Waals surface area contributed by atoms with E-state index >= 15 is 0 Å². The Labute approximate surface area is 70.6 Å². The molecule has 0 radical (unpaired) electrons. The molecule has 0 aliphatic carbocycles. The van der Waals surface area contributed by atoms with E-state index in [2.05, 4.69) is 5.32 Å². The maximum atomic E-state index is 5.21. The average Bonchev–Trinajstić information content (AvgIpc) is 2.07. The third-order valence-corrected chi connectivity index (χ3v) is 1.26. The van der Waals surface area contributed by atoms with Gasteiger partial charge in [-0.25, -0.2) is 0 Å². The first-order chi connectivity index (χ1) is 5.22. The Kier molecular flexibility index (Phi) is 11.0. The zero-order valence-electron chi connectivity index (χ0n) is 8.62. The molecular formula is C9H21NO. The Morgan fingerprint density at radius 1 is 1.27 bits per heavy atom. The van der Waals surface area contributed by atoms with Crippen molar-refractivity contribution < 1.29 is 4.74 Å². The van der Waals surface area contributed by atoms with Gasteiger partial charge in [0.25, 0.3) is 0 Å². The number of hydrogen-bond donors (Lipinski definition) is 1. The zero-order chi connectivity index (χ0) is 9.28. The summed E-state index contributed by atoms with van der Waals surface area (Å²) < 4.78 is 5.21. The summed E-state index contributed by atoms with van der Waals surface area (Å²) in [5, 5.41) is 3.00. The average molecular weight is 159 g/mol. The van der Waals surface area contributed by atoms with E-state index in [-0.39, 0.29) is 0 Å². The van der Waals surface area contributed by atoms with Crippen LogP contribution in [0.4, 0.5) is 0 Å². The van der Waals surface area contributed by atoms with Gasteiger partial charge in [-0.3, -0.25) is 0 Å². The quantitative estimate of drug-likeness (QED) is 0.639. The topological polar surface area (TPSA) is 21.3 Å². The highest BCUT2D eigenvalue weighted by Gasteiger charge is 1.91. The van der Waals surface area contributed by atoms with Crippen LogP contribution < -0.4 is 5.32 Å². The fourth-order valence-electron chi connectivity index (χ4n) is 0.501. The predicted molar refractivity (Wildman–Crippen MR) is 50.4 cm³/mol. The number of nitrogens with one attached hydrogen (secondary N) is 1. The standard InChI is InChI=1S/C7H15NO.C2H6/c1-5-9-7(3)6(2)8-4;1-2/h8H,5H2,1-4H3;1-2H3/b7-6-;. The summed E-state index contributed by atoms with van der Waals surface area (Å²) in [6.07, 6.45) is 0. The van der Waals surface area contributed by atoms with E-state index in [1.807, 2.05) is 41.7 Å². The highest BCUT2D eigenvalue weighted by molar-refractivity contribution is 4.99. The lowest BCUT2D eigenvalue weighted by atomic mass is 10.4. The molecule has 0 aliphatic heterocycles. The van der Waals surface area contributed by atoms with Crippen molar-refractivity contribution in [3.8, 4) is 0 Å². The minimum absolute atomic E-state index is 0.741. The van der Waals surface area contributed by atoms with Crippen molar-refractivity contribution in [3.05, 3.63) is 11.5 Å². The van der Waals surface area contributed by atoms with E-state index in [0.29, 0.717) is 0 Å². The second-order valence-electron chi connectivity index (χ2n) is 1.86. The lowest BCUT2D eigenvalue weighted by Crippen LogP contribution is -2.05. The molecule has 0 saturated carbocycles. The summed E-state index contributed by atoms with van der Waals surface area (Å²) >= 11 is 0. The Hall–Kier alpha value is -0.660. The van der Waals surface area contributed by atoms with Crippen LogP contribution in [0.3, 0.4) is 0 Å². The van der Waals surface area contributed by atoms with Crippen molar-refractivity contribution in [1.29, 1.82) is 0 Å². The third-order valence-electron chi connectivity index (χ3n) is 1.26. The van der Waals surface area contributed by atoms with Gasteiger partial charge in [-0.1, -0.05) is 13.8 Å². The Morgan fingerprint density at radius 3 is 2.00 bits per heavy atom. The zero-order valence-corrected chi connectivity index (χ0v) is 8.62. The molecule has 0 aliphatic rings. The SMILES string of the molecule is CC.CCO/C(C)=C(/C)NC. The van der Waals surface area contributed by atoms with Crippen molar-refractivity contribution in [3.63, 3.8) is 0 Å². The molecule has 0 aromatic carbocycles. The van der Waals surface area contributed by atoms with Gasteiger partial charge in [0.2, 0.25) is 0 Å². The third kappa shape index (κ3) is 7.23. The van der Waals surface area contributed by atoms with Crippen LogP contribution in [0, 0.1) is 0 Å². The molecule has 0 fully saturated rings. The van der Waals surface area contributed by atoms with Crippen LogP contribution >= 0.6 is 0 Å². The molecule has 0 heterocycles. The predicted octanol–water partition coefficient (Wildman–Crippen LogP) is 2.52. The minimum Gasteiger partial charge on any atom is -0.497 e. The van der Waals surface area contributed by atoms with Gasteiger partial charge in [-0.05, 0) is 20.8 Å². The van der Waals surface area contributed by atoms with Crippen molar-refractivity contribution in [2.75, 3.05) is 13.7 Å². The molecule has 0 rings (SSSR count). The van der Waals surface area contributed by atoms with Gasteiger partial charge < -0.3 is 10.1 Å². The Morgan fingerprint density at radius 2 is 1.73 bits per heavy atom. The fourth-order valence-corrected chi connectivity index (χ4v) is 0.501. The number of rotatable bonds is 3. The molecule has 0 aromatic rings. The summed E-state index contributed by atoms with van der Waals surface area (Å²) in [6, 6.07) is 0. The van der Waals surface area contributed by atoms with Gasteiger partial charge >= 0.3 is 0 Å². The van der Waals surface area contributed by atoms with E-state index < -0.39 is 0 Å². The van der Waals surface area contributed by atoms with Crippen LogP contribution in [0.15, 0.2) is 11.5 Å². The van der Waals surface area contributed by atoms with Crippen LogP contribution in [0.2, 0.25) is 0 Å². The van der Waals surface area contributed by atoms with Crippen LogP contribution in [0.1, 0.15) is 34.6 Å². The van der Waals surface area contributed by atoms with E-state index in [9.17, 15) is 0 Å². The molecule has 0 unspecified atom stereocenters. The second kappa shape index (κ2) is 9.34. The maximum Gasteiger partial charge on any atom is 0.111 e. The summed E-state index contributed by atoms with van der Waals surface area (Å²) in [7, 11) is 1.89. The van der Waals surface area contributed by atoms with Crippen LogP contribution in [-0.4, -0.2) is 13.7 Å². The van der Waals surface area contributed by atoms with Crippen molar-refractivity contribution >= 4 is 0 Å². The molecule has 0 saturated heterocycles. The van der Waals surface area contributed by atoms with Gasteiger partial charge in [0, 0.05) is 12.7 Å². The fraction of sp³-hybridized carbons (Fsp3) is 0.778. The molecular weight excluding hydrogens is 138 g/mol. The van der Waals surface area contributed by atoms with Crippen LogP contribution in [-0.2, 0) is 4.74 Å². The molecule has 0 spiro atoms. The van der Waals surface area contributed by atoms with Gasteiger partial charge in [0.05, 0.1) is 6.61 Å². The molecule has 0 aromatic heterocycles. The molecule has 11 heavy (non-hydrogen) atoms. The Bertz CT molecular complexity index is 108. The van der Waals surface area contributed by atoms with Crippen LogP contribution in [0.5, 0.6) is 0 Å². The highest BCUT2D eigenvalue weighted by atomic mass is 16.5. The van der Waals surface area contributed by atoms with Crippen molar-refractivity contribution in [1.82, 2.24) is 5.32 Å². The molecule has 0 amide bonds. The molecule has 2 heteroatoms. The van der Waals surface area contributed by atoms with Gasteiger partial charge in [-0.15, -0.1) is 0 Å². The van der Waals surface area contributed by atoms with Gasteiger partial charge in [0.1, 0.15) is 5.76 Å².